The van der Waals surface area contributed by atoms with Crippen LogP contribution in [0.4, 0.5) is 0 Å². The molecule has 1 N–H and O–H groups in total. The molecule has 1 aromatic heterocycles. The number of aliphatic imine (C=N–C) groups is 1. The number of aromatic nitrogens is 1. The maximum absolute atomic E-state index is 12.8. The Balaban J connectivity index is 1.52. The average molecular weight is 391 g/mol. The first-order valence-corrected chi connectivity index (χ1v) is 10.3. The Labute approximate surface area is 167 Å². The van der Waals surface area contributed by atoms with Gasteiger partial charge in [0.2, 0.25) is 5.91 Å². The number of nitrogens with zero attached hydrogens (tertiary/aromatic N) is 5. The molecule has 3 rings (SSSR count). The van der Waals surface area contributed by atoms with Gasteiger partial charge in [-0.15, -0.1) is 0 Å². The lowest BCUT2D eigenvalue weighted by Gasteiger charge is -2.38. The van der Waals surface area contributed by atoms with Gasteiger partial charge in [-0.3, -0.25) is 14.7 Å². The lowest BCUT2D eigenvalue weighted by Crippen LogP contribution is -2.54. The van der Waals surface area contributed by atoms with Gasteiger partial charge in [0, 0.05) is 66.5 Å². The van der Waals surface area contributed by atoms with Gasteiger partial charge in [-0.1, -0.05) is 18.0 Å². The largest absolute Gasteiger partial charge is 0.361 e. The Morgan fingerprint density at radius 2 is 1.96 bits per heavy atom. The lowest BCUT2D eigenvalue weighted by molar-refractivity contribution is -0.138. The molecule has 1 saturated carbocycles. The Morgan fingerprint density at radius 3 is 2.50 bits per heavy atom. The number of nitrogens with one attached hydrogen (secondary N) is 1. The van der Waals surface area contributed by atoms with Gasteiger partial charge >= 0.3 is 0 Å². The highest BCUT2D eigenvalue weighted by Gasteiger charge is 2.42. The molecule has 1 saturated heterocycles. The number of amides is 1. The fourth-order valence-corrected chi connectivity index (χ4v) is 4.41. The zero-order valence-electron chi connectivity index (χ0n) is 17.7. The molecular weight excluding hydrogens is 356 g/mol. The standard InChI is InChI=1S/C20H34N6O2/c1-16-13-17(23-28-16)14-25-9-11-26(12-10-25)19(21-2)22-15-20(7-5-6-8-20)18(27)24(3)4/h13H,5-12,14-15H2,1-4H3,(H,21,22). The Hall–Kier alpha value is -2.09. The Bertz CT molecular complexity index is 685. The van der Waals surface area contributed by atoms with Gasteiger partial charge in [-0.2, -0.15) is 0 Å². The molecule has 0 radical (unpaired) electrons. The van der Waals surface area contributed by atoms with Crippen LogP contribution in [0.5, 0.6) is 0 Å². The summed E-state index contributed by atoms with van der Waals surface area (Å²) in [6.07, 6.45) is 4.16. The van der Waals surface area contributed by atoms with Gasteiger partial charge in [-0.25, -0.2) is 0 Å². The predicted octanol–water partition coefficient (Wildman–Crippen LogP) is 1.32. The van der Waals surface area contributed by atoms with Crippen LogP contribution in [0, 0.1) is 12.3 Å². The molecule has 0 atom stereocenters. The second kappa shape index (κ2) is 8.94. The number of guanidine groups is 1. The summed E-state index contributed by atoms with van der Waals surface area (Å²) in [7, 11) is 5.53. The summed E-state index contributed by atoms with van der Waals surface area (Å²) in [6.45, 7) is 7.12. The molecule has 0 bridgehead atoms. The van der Waals surface area contributed by atoms with Gasteiger partial charge in [0.1, 0.15) is 5.76 Å². The number of hydrogen-bond donors (Lipinski definition) is 1. The molecule has 1 aliphatic heterocycles. The van der Waals surface area contributed by atoms with Crippen LogP contribution in [0.1, 0.15) is 37.1 Å². The third kappa shape index (κ3) is 4.66. The molecule has 2 heterocycles. The van der Waals surface area contributed by atoms with Crippen molar-refractivity contribution in [2.45, 2.75) is 39.2 Å². The van der Waals surface area contributed by atoms with Crippen molar-refractivity contribution in [1.82, 2.24) is 25.2 Å². The van der Waals surface area contributed by atoms with E-state index in [1.54, 1.807) is 4.90 Å². The van der Waals surface area contributed by atoms with E-state index in [0.29, 0.717) is 6.54 Å². The average Bonchev–Trinajstić information content (AvgIpc) is 3.32. The third-order valence-electron chi connectivity index (χ3n) is 5.95. The van der Waals surface area contributed by atoms with Crippen LogP contribution in [-0.4, -0.2) is 85.6 Å². The summed E-state index contributed by atoms with van der Waals surface area (Å²) in [4.78, 5) is 23.7. The summed E-state index contributed by atoms with van der Waals surface area (Å²) in [6, 6.07) is 2.00. The highest BCUT2D eigenvalue weighted by atomic mass is 16.5. The molecule has 2 aliphatic rings. The normalized spacial score (nSPS) is 20.4. The summed E-state index contributed by atoms with van der Waals surface area (Å²) in [5.41, 5.74) is 0.699. The van der Waals surface area contributed by atoms with E-state index in [1.807, 2.05) is 34.1 Å². The smallest absolute Gasteiger partial charge is 0.230 e. The predicted molar refractivity (Wildman–Crippen MR) is 109 cm³/mol. The van der Waals surface area contributed by atoms with Crippen LogP contribution < -0.4 is 5.32 Å². The van der Waals surface area contributed by atoms with Crippen molar-refractivity contribution in [2.75, 3.05) is 53.9 Å². The number of hydrogen-bond acceptors (Lipinski definition) is 5. The van der Waals surface area contributed by atoms with Gasteiger partial charge in [0.25, 0.3) is 0 Å². The minimum atomic E-state index is -0.286. The zero-order chi connectivity index (χ0) is 20.1. The summed E-state index contributed by atoms with van der Waals surface area (Å²) in [5, 5.41) is 7.60. The molecule has 28 heavy (non-hydrogen) atoms. The lowest BCUT2D eigenvalue weighted by atomic mass is 9.84. The number of aryl methyl sites for hydroxylation is 1. The number of carbonyl (C=O) groups is 1. The molecule has 1 aromatic rings. The molecule has 8 nitrogen and oxygen atoms in total. The van der Waals surface area contributed by atoms with E-state index >= 15 is 0 Å². The van der Waals surface area contributed by atoms with E-state index in [4.69, 9.17) is 4.52 Å². The number of rotatable bonds is 5. The van der Waals surface area contributed by atoms with Crippen molar-refractivity contribution >= 4 is 11.9 Å². The van der Waals surface area contributed by atoms with Crippen molar-refractivity contribution in [2.24, 2.45) is 10.4 Å². The van der Waals surface area contributed by atoms with E-state index in [-0.39, 0.29) is 11.3 Å². The van der Waals surface area contributed by atoms with Crippen molar-refractivity contribution < 1.29 is 9.32 Å². The first-order valence-electron chi connectivity index (χ1n) is 10.3. The second-order valence-corrected chi connectivity index (χ2v) is 8.28. The van der Waals surface area contributed by atoms with Crippen LogP contribution in [0.15, 0.2) is 15.6 Å². The molecule has 1 amide bonds. The van der Waals surface area contributed by atoms with Gasteiger partial charge in [0.15, 0.2) is 5.96 Å². The molecule has 8 heteroatoms. The van der Waals surface area contributed by atoms with Crippen molar-refractivity contribution in [3.63, 3.8) is 0 Å². The molecule has 0 spiro atoms. The Kier molecular flexibility index (Phi) is 6.59. The van der Waals surface area contributed by atoms with E-state index in [2.05, 4.69) is 25.3 Å². The van der Waals surface area contributed by atoms with Crippen LogP contribution >= 0.6 is 0 Å². The van der Waals surface area contributed by atoms with Crippen molar-refractivity contribution in [3.8, 4) is 0 Å². The highest BCUT2D eigenvalue weighted by molar-refractivity contribution is 5.85. The number of piperazine rings is 1. The SMILES string of the molecule is CN=C(NCC1(C(=O)N(C)C)CCCC1)N1CCN(Cc2cc(C)on2)CC1. The quantitative estimate of drug-likeness (QED) is 0.604. The maximum atomic E-state index is 12.8. The molecule has 0 aromatic carbocycles. The van der Waals surface area contributed by atoms with E-state index < -0.39 is 0 Å². The first-order chi connectivity index (χ1) is 13.4. The summed E-state index contributed by atoms with van der Waals surface area (Å²) < 4.78 is 5.16. The zero-order valence-corrected chi connectivity index (χ0v) is 17.7. The van der Waals surface area contributed by atoms with Crippen LogP contribution in [0.25, 0.3) is 0 Å². The molecule has 2 fully saturated rings. The molecular formula is C20H34N6O2. The van der Waals surface area contributed by atoms with E-state index in [0.717, 1.165) is 75.8 Å². The summed E-state index contributed by atoms with van der Waals surface area (Å²) in [5.74, 6) is 1.99. The van der Waals surface area contributed by atoms with Crippen LogP contribution in [-0.2, 0) is 11.3 Å². The minimum absolute atomic E-state index is 0.237. The van der Waals surface area contributed by atoms with E-state index in [9.17, 15) is 4.79 Å². The monoisotopic (exact) mass is 390 g/mol. The maximum Gasteiger partial charge on any atom is 0.230 e. The van der Waals surface area contributed by atoms with Crippen molar-refractivity contribution in [3.05, 3.63) is 17.5 Å². The summed E-state index contributed by atoms with van der Waals surface area (Å²) >= 11 is 0. The topological polar surface area (TPSA) is 77.2 Å². The highest BCUT2D eigenvalue weighted by Crippen LogP contribution is 2.39. The fraction of sp³-hybridized carbons (Fsp3) is 0.750. The van der Waals surface area contributed by atoms with Gasteiger partial charge in [-0.05, 0) is 19.8 Å². The van der Waals surface area contributed by atoms with Gasteiger partial charge in [0.05, 0.1) is 11.1 Å². The van der Waals surface area contributed by atoms with Crippen LogP contribution in [0.2, 0.25) is 0 Å². The molecule has 156 valence electrons. The van der Waals surface area contributed by atoms with Gasteiger partial charge < -0.3 is 19.6 Å². The third-order valence-corrected chi connectivity index (χ3v) is 5.95. The minimum Gasteiger partial charge on any atom is -0.361 e. The van der Waals surface area contributed by atoms with Crippen LogP contribution in [0.3, 0.4) is 0 Å². The first kappa shape index (κ1) is 20.6. The Morgan fingerprint density at radius 1 is 1.29 bits per heavy atom. The van der Waals surface area contributed by atoms with E-state index in [1.165, 1.54) is 0 Å². The molecule has 0 unspecified atom stereocenters. The fourth-order valence-electron chi connectivity index (χ4n) is 4.41. The second-order valence-electron chi connectivity index (χ2n) is 8.28. The number of carbonyl (C=O) groups excluding carboxylic acids is 1. The van der Waals surface area contributed by atoms with Crippen molar-refractivity contribution in [1.29, 1.82) is 0 Å². The molecule has 1 aliphatic carbocycles.